The van der Waals surface area contributed by atoms with Gasteiger partial charge in [0, 0.05) is 28.1 Å². The lowest BCUT2D eigenvalue weighted by Gasteiger charge is -2.35. The summed E-state index contributed by atoms with van der Waals surface area (Å²) in [6.45, 7) is 6.00. The van der Waals surface area contributed by atoms with Crippen molar-refractivity contribution in [2.75, 3.05) is 11.9 Å². The monoisotopic (exact) mass is 668 g/mol. The van der Waals surface area contributed by atoms with E-state index in [4.69, 9.17) is 24.9 Å². The van der Waals surface area contributed by atoms with Crippen molar-refractivity contribution in [3.8, 4) is 17.1 Å². The average Bonchev–Trinajstić information content (AvgIpc) is 3.46. The first-order chi connectivity index (χ1) is 23.6. The Kier molecular flexibility index (Phi) is 9.42. The lowest BCUT2D eigenvalue weighted by atomic mass is 9.85. The number of hydrogen-bond donors (Lipinski definition) is 3. The van der Waals surface area contributed by atoms with Crippen LogP contribution in [-0.4, -0.2) is 39.2 Å². The van der Waals surface area contributed by atoms with Crippen molar-refractivity contribution in [3.05, 3.63) is 86.7 Å². The summed E-state index contributed by atoms with van der Waals surface area (Å²) in [6.07, 6.45) is 2.04. The highest BCUT2D eigenvalue weighted by atomic mass is 16.7. The van der Waals surface area contributed by atoms with Gasteiger partial charge in [0.05, 0.1) is 29.0 Å². The van der Waals surface area contributed by atoms with E-state index in [-0.39, 0.29) is 60.4 Å². The van der Waals surface area contributed by atoms with Gasteiger partial charge in [0.25, 0.3) is 5.56 Å². The van der Waals surface area contributed by atoms with Crippen LogP contribution >= 0.6 is 0 Å². The molecule has 6 rings (SSSR count). The number of anilines is 1. The second-order valence-electron chi connectivity index (χ2n) is 12.6. The van der Waals surface area contributed by atoms with Gasteiger partial charge in [-0.05, 0) is 79.8 Å². The van der Waals surface area contributed by atoms with Crippen molar-refractivity contribution in [1.82, 2.24) is 9.55 Å². The number of unbranched alkanes of at least 4 members (excludes halogenated alkanes) is 1. The summed E-state index contributed by atoms with van der Waals surface area (Å²) in [5.41, 5.74) is 8.57. The van der Waals surface area contributed by atoms with E-state index in [1.807, 2.05) is 13.8 Å². The van der Waals surface area contributed by atoms with Gasteiger partial charge in [0.15, 0.2) is 0 Å². The number of esters is 1. The largest absolute Gasteiger partial charge is 0.510 e. The van der Waals surface area contributed by atoms with E-state index in [1.54, 1.807) is 60.0 Å². The number of ether oxygens (including phenoxy) is 3. The number of carbonyl (C=O) groups excluding carboxylic acids is 3. The Morgan fingerprint density at radius 3 is 2.59 bits per heavy atom. The summed E-state index contributed by atoms with van der Waals surface area (Å²) in [5, 5.41) is 13.8. The highest BCUT2D eigenvalue weighted by Crippen LogP contribution is 2.42. The lowest BCUT2D eigenvalue weighted by Crippen LogP contribution is -2.47. The third-order valence-corrected chi connectivity index (χ3v) is 9.49. The molecule has 0 radical (unpaired) electrons. The molecular formula is C37H40N4O8. The van der Waals surface area contributed by atoms with Crippen LogP contribution in [0.1, 0.15) is 74.3 Å². The number of cyclic esters (lactones) is 1. The van der Waals surface area contributed by atoms with Crippen LogP contribution in [0.25, 0.3) is 22.3 Å². The standard InChI is InChI=1S/C37H40N4O8/c1-4-25-26-16-24(42)13-14-30(26)40-32-27(25)18-41-31(32)17-29-28(34(41)44)20-47-35(45)37(29,5-2)49-36(46)48-19-22-9-11-23(12-10-22)39-33(43)21(3)8-6-7-15-38/h9-14,16-17,21,42H,4-8,15,18-20,38H2,1-3H3,(H,39,43)/t21-,37-/m0/s1. The van der Waals surface area contributed by atoms with Crippen molar-refractivity contribution in [2.24, 2.45) is 11.7 Å². The summed E-state index contributed by atoms with van der Waals surface area (Å²) in [6, 6.07) is 13.5. The van der Waals surface area contributed by atoms with Gasteiger partial charge in [-0.2, -0.15) is 0 Å². The maximum atomic E-state index is 13.9. The van der Waals surface area contributed by atoms with Crippen molar-refractivity contribution in [2.45, 2.75) is 78.2 Å². The van der Waals surface area contributed by atoms with Gasteiger partial charge in [0.2, 0.25) is 11.5 Å². The Bertz CT molecular complexity index is 2000. The first-order valence-electron chi connectivity index (χ1n) is 16.6. The highest BCUT2D eigenvalue weighted by Gasteiger charge is 2.51. The molecular weight excluding hydrogens is 628 g/mol. The Hall–Kier alpha value is -5.23. The van der Waals surface area contributed by atoms with Crippen LogP contribution in [0.15, 0.2) is 53.3 Å². The number of phenolic OH excluding ortho intramolecular Hbond substituents is 1. The third-order valence-electron chi connectivity index (χ3n) is 9.49. The van der Waals surface area contributed by atoms with Gasteiger partial charge in [-0.3, -0.25) is 9.59 Å². The zero-order valence-electron chi connectivity index (χ0n) is 27.8. The van der Waals surface area contributed by atoms with Crippen LogP contribution in [0.3, 0.4) is 0 Å². The summed E-state index contributed by atoms with van der Waals surface area (Å²) in [4.78, 5) is 57.8. The van der Waals surface area contributed by atoms with E-state index in [9.17, 15) is 24.3 Å². The van der Waals surface area contributed by atoms with Crippen molar-refractivity contribution in [3.63, 3.8) is 0 Å². The number of phenols is 1. The molecule has 0 fully saturated rings. The highest BCUT2D eigenvalue weighted by molar-refractivity contribution is 5.92. The minimum Gasteiger partial charge on any atom is -0.508 e. The van der Waals surface area contributed by atoms with Gasteiger partial charge >= 0.3 is 12.1 Å². The molecule has 0 saturated heterocycles. The van der Waals surface area contributed by atoms with Crippen LogP contribution < -0.4 is 16.6 Å². The molecule has 0 aliphatic carbocycles. The van der Waals surface area contributed by atoms with Gasteiger partial charge < -0.3 is 34.9 Å². The molecule has 4 heterocycles. The van der Waals surface area contributed by atoms with E-state index >= 15 is 0 Å². The van der Waals surface area contributed by atoms with Crippen LogP contribution in [0, 0.1) is 5.92 Å². The molecule has 2 aromatic carbocycles. The van der Waals surface area contributed by atoms with Crippen LogP contribution in [0.5, 0.6) is 5.75 Å². The molecule has 0 unspecified atom stereocenters. The van der Waals surface area contributed by atoms with E-state index in [1.165, 1.54) is 0 Å². The Labute approximate surface area is 283 Å². The first kappa shape index (κ1) is 33.7. The zero-order chi connectivity index (χ0) is 34.9. The van der Waals surface area contributed by atoms with Crippen molar-refractivity contribution < 1.29 is 33.7 Å². The van der Waals surface area contributed by atoms with Gasteiger partial charge in [-0.1, -0.05) is 39.3 Å². The number of hydrogen-bond acceptors (Lipinski definition) is 10. The molecule has 12 nitrogen and oxygen atoms in total. The second kappa shape index (κ2) is 13.7. The normalized spacial score (nSPS) is 16.7. The molecule has 0 saturated carbocycles. The molecule has 4 N–H and O–H groups in total. The Morgan fingerprint density at radius 2 is 1.88 bits per heavy atom. The molecule has 2 aromatic heterocycles. The summed E-state index contributed by atoms with van der Waals surface area (Å²) in [7, 11) is 0. The predicted molar refractivity (Wildman–Crippen MR) is 182 cm³/mol. The molecule has 256 valence electrons. The molecule has 49 heavy (non-hydrogen) atoms. The number of nitrogens with one attached hydrogen (secondary N) is 1. The van der Waals surface area contributed by atoms with Crippen LogP contribution in [0.4, 0.5) is 10.5 Å². The fourth-order valence-electron chi connectivity index (χ4n) is 6.70. The SMILES string of the molecule is CCc1c2c(nc3ccc(O)cc13)-c1cc3c(c(=O)n1C2)COC(=O)[C@@]3(CC)OC(=O)OCc1ccc(NC(=O)[C@@H](C)CCCCN)cc1. The number of aryl methyl sites for hydroxylation is 1. The minimum absolute atomic E-state index is 0.00659. The Morgan fingerprint density at radius 1 is 1.10 bits per heavy atom. The maximum Gasteiger partial charge on any atom is 0.510 e. The average molecular weight is 669 g/mol. The van der Waals surface area contributed by atoms with E-state index in [0.29, 0.717) is 41.1 Å². The number of carbonyl (C=O) groups is 3. The smallest absolute Gasteiger partial charge is 0.508 e. The molecule has 0 spiro atoms. The summed E-state index contributed by atoms with van der Waals surface area (Å²) < 4.78 is 18.2. The van der Waals surface area contributed by atoms with Gasteiger partial charge in [-0.15, -0.1) is 0 Å². The van der Waals surface area contributed by atoms with E-state index in [2.05, 4.69) is 5.32 Å². The molecule has 1 amide bonds. The third kappa shape index (κ3) is 6.24. The fraction of sp³-hybridized carbons (Fsp3) is 0.378. The lowest BCUT2D eigenvalue weighted by molar-refractivity contribution is -0.175. The van der Waals surface area contributed by atoms with Crippen LogP contribution in [-0.2, 0) is 55.6 Å². The molecule has 2 aliphatic heterocycles. The first-order valence-corrected chi connectivity index (χ1v) is 16.6. The summed E-state index contributed by atoms with van der Waals surface area (Å²) >= 11 is 0. The topological polar surface area (TPSA) is 172 Å². The molecule has 12 heteroatoms. The zero-order valence-corrected chi connectivity index (χ0v) is 27.8. The second-order valence-corrected chi connectivity index (χ2v) is 12.6. The van der Waals surface area contributed by atoms with Crippen molar-refractivity contribution >= 4 is 34.6 Å². The minimum atomic E-state index is -1.91. The number of fused-ring (bicyclic) bond motifs is 5. The number of pyridine rings is 2. The number of rotatable bonds is 11. The van der Waals surface area contributed by atoms with Crippen molar-refractivity contribution in [1.29, 1.82) is 0 Å². The Balaban J connectivity index is 1.22. The molecule has 2 aliphatic rings. The van der Waals surface area contributed by atoms with Crippen LogP contribution in [0.2, 0.25) is 0 Å². The molecule has 0 bridgehead atoms. The number of benzene rings is 2. The quantitative estimate of drug-likeness (QED) is 0.122. The number of nitrogens with zero attached hydrogens (tertiary/aromatic N) is 2. The van der Waals surface area contributed by atoms with E-state index in [0.717, 1.165) is 35.8 Å². The number of nitrogens with two attached hydrogens (primary N) is 1. The fourth-order valence-corrected chi connectivity index (χ4v) is 6.70. The number of aromatic hydroxyl groups is 1. The van der Waals surface area contributed by atoms with E-state index < -0.39 is 17.7 Å². The van der Waals surface area contributed by atoms with Gasteiger partial charge in [-0.25, -0.2) is 14.6 Å². The maximum absolute atomic E-state index is 13.9. The number of amides is 1. The molecule has 4 aromatic rings. The predicted octanol–water partition coefficient (Wildman–Crippen LogP) is 5.41. The summed E-state index contributed by atoms with van der Waals surface area (Å²) in [5.74, 6) is -0.909. The van der Waals surface area contributed by atoms with Gasteiger partial charge in [0.1, 0.15) is 19.0 Å². The number of aromatic nitrogens is 2. The molecule has 2 atom stereocenters.